The molecule has 0 amide bonds. The predicted octanol–water partition coefficient (Wildman–Crippen LogP) is 2.57. The van der Waals surface area contributed by atoms with E-state index in [0.29, 0.717) is 16.9 Å². The normalized spacial score (nSPS) is 10.2. The van der Waals surface area contributed by atoms with E-state index in [1.807, 2.05) is 0 Å². The fourth-order valence-electron chi connectivity index (χ4n) is 1.73. The Morgan fingerprint density at radius 2 is 2.21 bits per heavy atom. The number of furan rings is 1. The standard InChI is InChI=1S/C13H11NO5/c1-18-13(15)8-10-7-9(12-3-2-6-19-12)4-5-11(10)14(16)17/h2-7H,8H2,1H3. The van der Waals surface area contributed by atoms with E-state index < -0.39 is 10.9 Å². The van der Waals surface area contributed by atoms with E-state index in [2.05, 4.69) is 4.74 Å². The Bertz CT molecular complexity index is 604. The summed E-state index contributed by atoms with van der Waals surface area (Å²) in [5.41, 5.74) is 0.862. The van der Waals surface area contributed by atoms with E-state index in [-0.39, 0.29) is 12.1 Å². The van der Waals surface area contributed by atoms with Gasteiger partial charge in [0.15, 0.2) is 0 Å². The number of nitro benzene ring substituents is 1. The number of carbonyl (C=O) groups is 1. The fourth-order valence-corrected chi connectivity index (χ4v) is 1.73. The highest BCUT2D eigenvalue weighted by molar-refractivity contribution is 5.75. The lowest BCUT2D eigenvalue weighted by Crippen LogP contribution is -2.07. The van der Waals surface area contributed by atoms with Crippen molar-refractivity contribution >= 4 is 11.7 Å². The average Bonchev–Trinajstić information content (AvgIpc) is 2.92. The number of hydrogen-bond acceptors (Lipinski definition) is 5. The first-order chi connectivity index (χ1) is 9.11. The first-order valence-corrected chi connectivity index (χ1v) is 5.50. The molecule has 2 aromatic rings. The lowest BCUT2D eigenvalue weighted by molar-refractivity contribution is -0.385. The molecule has 0 fully saturated rings. The second kappa shape index (κ2) is 5.34. The smallest absolute Gasteiger partial charge is 0.310 e. The lowest BCUT2D eigenvalue weighted by atomic mass is 10.0. The van der Waals surface area contributed by atoms with Crippen molar-refractivity contribution in [3.63, 3.8) is 0 Å². The van der Waals surface area contributed by atoms with E-state index in [1.54, 1.807) is 24.3 Å². The predicted molar refractivity (Wildman–Crippen MR) is 66.5 cm³/mol. The average molecular weight is 261 g/mol. The Morgan fingerprint density at radius 3 is 2.79 bits per heavy atom. The molecule has 0 atom stereocenters. The Hall–Kier alpha value is -2.63. The SMILES string of the molecule is COC(=O)Cc1cc(-c2ccco2)ccc1[N+](=O)[O-]. The van der Waals surface area contributed by atoms with Gasteiger partial charge in [0, 0.05) is 17.2 Å². The topological polar surface area (TPSA) is 82.6 Å². The molecule has 0 spiro atoms. The zero-order valence-corrected chi connectivity index (χ0v) is 10.2. The van der Waals surface area contributed by atoms with Crippen LogP contribution >= 0.6 is 0 Å². The second-order valence-electron chi connectivity index (χ2n) is 3.83. The molecule has 2 rings (SSSR count). The first kappa shape index (κ1) is 12.8. The van der Waals surface area contributed by atoms with Gasteiger partial charge in [-0.15, -0.1) is 0 Å². The highest BCUT2D eigenvalue weighted by atomic mass is 16.6. The first-order valence-electron chi connectivity index (χ1n) is 5.50. The Labute approximate surface area is 108 Å². The Kier molecular flexibility index (Phi) is 3.61. The molecule has 0 bridgehead atoms. The van der Waals surface area contributed by atoms with Gasteiger partial charge in [-0.3, -0.25) is 14.9 Å². The van der Waals surface area contributed by atoms with Crippen LogP contribution in [0.3, 0.4) is 0 Å². The molecule has 1 aromatic heterocycles. The van der Waals surface area contributed by atoms with Crippen molar-refractivity contribution < 1.29 is 18.9 Å². The second-order valence-corrected chi connectivity index (χ2v) is 3.83. The van der Waals surface area contributed by atoms with Gasteiger partial charge < -0.3 is 9.15 Å². The molecule has 6 heteroatoms. The third-order valence-corrected chi connectivity index (χ3v) is 2.64. The van der Waals surface area contributed by atoms with Crippen molar-refractivity contribution in [3.8, 4) is 11.3 Å². The number of nitrogens with zero attached hydrogens (tertiary/aromatic N) is 1. The van der Waals surface area contributed by atoms with Crippen LogP contribution in [0.2, 0.25) is 0 Å². The molecule has 0 aliphatic carbocycles. The van der Waals surface area contributed by atoms with E-state index in [1.165, 1.54) is 19.4 Å². The van der Waals surface area contributed by atoms with Crippen molar-refractivity contribution in [3.05, 3.63) is 52.3 Å². The largest absolute Gasteiger partial charge is 0.469 e. The van der Waals surface area contributed by atoms with Crippen LogP contribution in [-0.2, 0) is 16.0 Å². The molecule has 0 aliphatic rings. The molecule has 0 saturated carbocycles. The molecule has 1 aromatic carbocycles. The van der Waals surface area contributed by atoms with Gasteiger partial charge in [0.1, 0.15) is 5.76 Å². The van der Waals surface area contributed by atoms with Gasteiger partial charge in [-0.25, -0.2) is 0 Å². The number of hydrogen-bond donors (Lipinski definition) is 0. The molecule has 6 nitrogen and oxygen atoms in total. The van der Waals surface area contributed by atoms with E-state index in [9.17, 15) is 14.9 Å². The van der Waals surface area contributed by atoms with Gasteiger partial charge in [-0.05, 0) is 24.3 Å². The zero-order chi connectivity index (χ0) is 13.8. The van der Waals surface area contributed by atoms with Crippen LogP contribution < -0.4 is 0 Å². The van der Waals surface area contributed by atoms with Crippen molar-refractivity contribution in [2.24, 2.45) is 0 Å². The minimum atomic E-state index is -0.528. The van der Waals surface area contributed by atoms with Crippen molar-refractivity contribution in [2.45, 2.75) is 6.42 Å². The molecule has 0 N–H and O–H groups in total. The third-order valence-electron chi connectivity index (χ3n) is 2.64. The van der Waals surface area contributed by atoms with Crippen LogP contribution in [0.15, 0.2) is 41.0 Å². The molecule has 98 valence electrons. The van der Waals surface area contributed by atoms with Crippen LogP contribution in [0.5, 0.6) is 0 Å². The Morgan fingerprint density at radius 1 is 1.42 bits per heavy atom. The summed E-state index contributed by atoms with van der Waals surface area (Å²) in [4.78, 5) is 21.7. The van der Waals surface area contributed by atoms with Gasteiger partial charge in [-0.2, -0.15) is 0 Å². The minimum Gasteiger partial charge on any atom is -0.469 e. The van der Waals surface area contributed by atoms with Gasteiger partial charge >= 0.3 is 5.97 Å². The van der Waals surface area contributed by atoms with E-state index in [0.717, 1.165) is 0 Å². The number of rotatable bonds is 4. The summed E-state index contributed by atoms with van der Waals surface area (Å²) in [6.07, 6.45) is 1.36. The van der Waals surface area contributed by atoms with Crippen LogP contribution in [-0.4, -0.2) is 18.0 Å². The van der Waals surface area contributed by atoms with Gasteiger partial charge in [0.25, 0.3) is 5.69 Å². The summed E-state index contributed by atoms with van der Waals surface area (Å²) in [7, 11) is 1.24. The molecule has 0 unspecified atom stereocenters. The summed E-state index contributed by atoms with van der Waals surface area (Å²) in [5.74, 6) is 0.0562. The summed E-state index contributed by atoms with van der Waals surface area (Å²) >= 11 is 0. The summed E-state index contributed by atoms with van der Waals surface area (Å²) in [6.45, 7) is 0. The van der Waals surface area contributed by atoms with Crippen LogP contribution in [0.4, 0.5) is 5.69 Å². The molecule has 1 heterocycles. The maximum Gasteiger partial charge on any atom is 0.310 e. The summed E-state index contributed by atoms with van der Waals surface area (Å²) < 4.78 is 9.75. The van der Waals surface area contributed by atoms with Crippen molar-refractivity contribution in [1.82, 2.24) is 0 Å². The quantitative estimate of drug-likeness (QED) is 0.480. The van der Waals surface area contributed by atoms with Crippen LogP contribution in [0, 0.1) is 10.1 Å². The molecular formula is C13H11NO5. The van der Waals surface area contributed by atoms with E-state index in [4.69, 9.17) is 4.42 Å². The monoisotopic (exact) mass is 261 g/mol. The van der Waals surface area contributed by atoms with Crippen molar-refractivity contribution in [2.75, 3.05) is 7.11 Å². The molecule has 0 radical (unpaired) electrons. The highest BCUT2D eigenvalue weighted by Crippen LogP contribution is 2.27. The fraction of sp³-hybridized carbons (Fsp3) is 0.154. The summed E-state index contributed by atoms with van der Waals surface area (Å²) in [6, 6.07) is 7.96. The number of ether oxygens (including phenoxy) is 1. The van der Waals surface area contributed by atoms with Crippen molar-refractivity contribution in [1.29, 1.82) is 0 Å². The number of methoxy groups -OCH3 is 1. The zero-order valence-electron chi connectivity index (χ0n) is 10.2. The van der Waals surface area contributed by atoms with Gasteiger partial charge in [-0.1, -0.05) is 0 Å². The summed E-state index contributed by atoms with van der Waals surface area (Å²) in [5, 5.41) is 10.9. The highest BCUT2D eigenvalue weighted by Gasteiger charge is 2.18. The molecule has 0 saturated heterocycles. The lowest BCUT2D eigenvalue weighted by Gasteiger charge is -2.04. The van der Waals surface area contributed by atoms with Crippen LogP contribution in [0.25, 0.3) is 11.3 Å². The van der Waals surface area contributed by atoms with Gasteiger partial charge in [0.05, 0.1) is 24.7 Å². The number of benzene rings is 1. The number of nitro groups is 1. The van der Waals surface area contributed by atoms with Gasteiger partial charge in [0.2, 0.25) is 0 Å². The number of carbonyl (C=O) groups excluding carboxylic acids is 1. The minimum absolute atomic E-state index is 0.110. The molecular weight excluding hydrogens is 250 g/mol. The third kappa shape index (κ3) is 2.79. The maximum absolute atomic E-state index is 11.3. The Balaban J connectivity index is 2.43. The van der Waals surface area contributed by atoms with E-state index >= 15 is 0 Å². The maximum atomic E-state index is 11.3. The number of esters is 1. The molecule has 19 heavy (non-hydrogen) atoms. The van der Waals surface area contributed by atoms with Crippen LogP contribution in [0.1, 0.15) is 5.56 Å². The molecule has 0 aliphatic heterocycles.